The van der Waals surface area contributed by atoms with Gasteiger partial charge in [0.1, 0.15) is 5.82 Å². The number of nitrogens with one attached hydrogen (secondary N) is 1. The second-order valence-electron chi connectivity index (χ2n) is 5.49. The van der Waals surface area contributed by atoms with Crippen LogP contribution in [0.15, 0.2) is 27.8 Å². The highest BCUT2D eigenvalue weighted by Gasteiger charge is 2.23. The highest BCUT2D eigenvalue weighted by Crippen LogP contribution is 2.24. The van der Waals surface area contributed by atoms with Gasteiger partial charge < -0.3 is 10.6 Å². The number of rotatable bonds is 5. The first-order valence-electron chi connectivity index (χ1n) is 7.63. The summed E-state index contributed by atoms with van der Waals surface area (Å²) in [5.74, 6) is -0.609. The zero-order valence-electron chi connectivity index (χ0n) is 13.8. The van der Waals surface area contributed by atoms with Crippen LogP contribution >= 0.6 is 23.2 Å². The molecule has 3 N–H and O–H groups in total. The maximum Gasteiger partial charge on any atom is 0.330 e. The van der Waals surface area contributed by atoms with Crippen LogP contribution in [-0.2, 0) is 6.54 Å². The Morgan fingerprint density at radius 1 is 1.32 bits per heavy atom. The number of hydrogen-bond donors (Lipinski definition) is 2. The van der Waals surface area contributed by atoms with Crippen molar-refractivity contribution in [1.29, 1.82) is 0 Å². The first kappa shape index (κ1) is 19.1. The molecule has 0 bridgehead atoms. The summed E-state index contributed by atoms with van der Waals surface area (Å²) < 4.78 is 1.24. The van der Waals surface area contributed by atoms with Gasteiger partial charge in [0, 0.05) is 18.6 Å². The number of nitrogens with two attached hydrogens (primary N) is 1. The Labute approximate surface area is 154 Å². The molecule has 1 amide bonds. The van der Waals surface area contributed by atoms with E-state index in [4.69, 9.17) is 28.9 Å². The van der Waals surface area contributed by atoms with Crippen LogP contribution in [0, 0.1) is 0 Å². The molecule has 0 unspecified atom stereocenters. The molecule has 0 aliphatic heterocycles. The van der Waals surface area contributed by atoms with E-state index in [1.54, 1.807) is 0 Å². The number of nitrogens with zero attached hydrogens (tertiary/aromatic N) is 2. The predicted octanol–water partition coefficient (Wildman–Crippen LogP) is 2.50. The Morgan fingerprint density at radius 2 is 2.00 bits per heavy atom. The van der Waals surface area contributed by atoms with E-state index in [1.165, 1.54) is 29.8 Å². The zero-order chi connectivity index (χ0) is 18.7. The maximum absolute atomic E-state index is 12.7. The number of carbonyl (C=O) groups is 1. The van der Waals surface area contributed by atoms with Crippen LogP contribution < -0.4 is 21.9 Å². The van der Waals surface area contributed by atoms with Gasteiger partial charge in [0.05, 0.1) is 10.6 Å². The Bertz CT molecular complexity index is 921. The Morgan fingerprint density at radius 3 is 2.60 bits per heavy atom. The first-order chi connectivity index (χ1) is 11.8. The molecule has 0 saturated carbocycles. The van der Waals surface area contributed by atoms with Crippen LogP contribution in [0.25, 0.3) is 0 Å². The molecular formula is C16H18Cl2N4O3. The van der Waals surface area contributed by atoms with Crippen LogP contribution in [0.3, 0.4) is 0 Å². The molecule has 2 aromatic rings. The van der Waals surface area contributed by atoms with Crippen LogP contribution in [0.5, 0.6) is 0 Å². The fourth-order valence-electron chi connectivity index (χ4n) is 2.38. The molecule has 25 heavy (non-hydrogen) atoms. The van der Waals surface area contributed by atoms with Crippen LogP contribution in [0.2, 0.25) is 10.0 Å². The number of amides is 1. The number of anilines is 2. The molecule has 0 fully saturated rings. The largest absolute Gasteiger partial charge is 0.383 e. The van der Waals surface area contributed by atoms with Gasteiger partial charge in [-0.3, -0.25) is 19.1 Å². The summed E-state index contributed by atoms with van der Waals surface area (Å²) in [6.45, 7) is 2.31. The van der Waals surface area contributed by atoms with Gasteiger partial charge >= 0.3 is 5.69 Å². The quantitative estimate of drug-likeness (QED) is 0.826. The van der Waals surface area contributed by atoms with E-state index in [0.29, 0.717) is 18.0 Å². The number of unbranched alkanes of at least 4 members (excludes halogenated alkanes) is 1. The number of halogens is 2. The van der Waals surface area contributed by atoms with E-state index in [0.717, 1.165) is 11.3 Å². The maximum atomic E-state index is 12.7. The summed E-state index contributed by atoms with van der Waals surface area (Å²) in [4.78, 5) is 40.1. The molecule has 0 saturated heterocycles. The predicted molar refractivity (Wildman–Crippen MR) is 99.8 cm³/mol. The first-order valence-corrected chi connectivity index (χ1v) is 8.39. The molecule has 2 rings (SSSR count). The zero-order valence-corrected chi connectivity index (χ0v) is 15.3. The minimum atomic E-state index is -0.740. The number of carbonyl (C=O) groups excluding carboxylic acids is 1. The highest BCUT2D eigenvalue weighted by atomic mass is 35.5. The van der Waals surface area contributed by atoms with Gasteiger partial charge in [0.25, 0.3) is 11.5 Å². The van der Waals surface area contributed by atoms with E-state index in [2.05, 4.69) is 4.98 Å². The van der Waals surface area contributed by atoms with Crippen molar-refractivity contribution in [2.45, 2.75) is 26.3 Å². The van der Waals surface area contributed by atoms with Gasteiger partial charge in [-0.15, -0.1) is 0 Å². The van der Waals surface area contributed by atoms with Gasteiger partial charge in [-0.25, -0.2) is 4.79 Å². The monoisotopic (exact) mass is 384 g/mol. The van der Waals surface area contributed by atoms with E-state index in [9.17, 15) is 14.4 Å². The van der Waals surface area contributed by atoms with Crippen molar-refractivity contribution in [2.75, 3.05) is 17.7 Å². The average molecular weight is 385 g/mol. The summed E-state index contributed by atoms with van der Waals surface area (Å²) in [6, 6.07) is 4.41. The molecule has 0 spiro atoms. The smallest absolute Gasteiger partial charge is 0.330 e. The van der Waals surface area contributed by atoms with E-state index in [1.807, 2.05) is 6.92 Å². The Kier molecular flexibility index (Phi) is 5.92. The third-order valence-corrected chi connectivity index (χ3v) is 4.30. The summed E-state index contributed by atoms with van der Waals surface area (Å²) in [5.41, 5.74) is 4.71. The molecule has 0 atom stereocenters. The van der Waals surface area contributed by atoms with Crippen molar-refractivity contribution in [3.63, 3.8) is 0 Å². The summed E-state index contributed by atoms with van der Waals surface area (Å²) in [6.07, 6.45) is 1.55. The van der Waals surface area contributed by atoms with Crippen molar-refractivity contribution in [1.82, 2.24) is 9.55 Å². The van der Waals surface area contributed by atoms with Gasteiger partial charge in [-0.1, -0.05) is 36.5 Å². The second-order valence-corrected chi connectivity index (χ2v) is 6.33. The van der Waals surface area contributed by atoms with Gasteiger partial charge in [0.2, 0.25) is 0 Å². The van der Waals surface area contributed by atoms with E-state index < -0.39 is 17.2 Å². The normalized spacial score (nSPS) is 10.7. The molecule has 134 valence electrons. The molecule has 0 aliphatic rings. The lowest BCUT2D eigenvalue weighted by atomic mass is 10.2. The van der Waals surface area contributed by atoms with Crippen molar-refractivity contribution in [3.05, 3.63) is 54.6 Å². The molecule has 0 radical (unpaired) electrons. The van der Waals surface area contributed by atoms with Crippen molar-refractivity contribution in [2.24, 2.45) is 0 Å². The van der Waals surface area contributed by atoms with Gasteiger partial charge in [0.15, 0.2) is 5.69 Å². The number of aromatic amines is 1. The summed E-state index contributed by atoms with van der Waals surface area (Å²) in [5, 5.41) is 0.535. The molecule has 1 heterocycles. The number of hydrogen-bond acceptors (Lipinski definition) is 4. The molecule has 9 heteroatoms. The summed E-state index contributed by atoms with van der Waals surface area (Å²) in [7, 11) is 1.39. The lowest BCUT2D eigenvalue weighted by Gasteiger charge is -2.21. The highest BCUT2D eigenvalue weighted by molar-refractivity contribution is 6.37. The minimum absolute atomic E-state index is 0.0665. The minimum Gasteiger partial charge on any atom is -0.383 e. The SMILES string of the molecule is CCCCn1c(N)c(N(C)C(=O)c2ccc(Cl)cc2Cl)c(=O)[nH]c1=O. The molecule has 0 aliphatic carbocycles. The third-order valence-electron chi connectivity index (χ3n) is 3.75. The molecular weight excluding hydrogens is 367 g/mol. The summed E-state index contributed by atoms with van der Waals surface area (Å²) >= 11 is 11.9. The Balaban J connectivity index is 2.51. The molecule has 1 aromatic heterocycles. The fraction of sp³-hybridized carbons (Fsp3) is 0.312. The average Bonchev–Trinajstić information content (AvgIpc) is 2.53. The third kappa shape index (κ3) is 3.88. The molecule has 7 nitrogen and oxygen atoms in total. The van der Waals surface area contributed by atoms with E-state index >= 15 is 0 Å². The number of benzene rings is 1. The lowest BCUT2D eigenvalue weighted by molar-refractivity contribution is 0.0993. The van der Waals surface area contributed by atoms with Gasteiger partial charge in [-0.2, -0.15) is 0 Å². The Hall–Kier alpha value is -2.25. The second kappa shape index (κ2) is 7.76. The van der Waals surface area contributed by atoms with Crippen molar-refractivity contribution < 1.29 is 4.79 Å². The standard InChI is InChI=1S/C16H18Cl2N4O3/c1-3-4-7-22-13(19)12(14(23)20-16(22)25)21(2)15(24)10-6-5-9(17)8-11(10)18/h5-6,8H,3-4,7,19H2,1-2H3,(H,20,23,25). The number of aromatic nitrogens is 2. The molecule has 1 aromatic carbocycles. The van der Waals surface area contributed by atoms with Crippen LogP contribution in [0.4, 0.5) is 11.5 Å². The fourth-order valence-corrected chi connectivity index (χ4v) is 2.87. The van der Waals surface area contributed by atoms with E-state index in [-0.39, 0.29) is 22.1 Å². The van der Waals surface area contributed by atoms with Gasteiger partial charge in [-0.05, 0) is 24.6 Å². The van der Waals surface area contributed by atoms with Crippen molar-refractivity contribution in [3.8, 4) is 0 Å². The number of H-pyrrole nitrogens is 1. The lowest BCUT2D eigenvalue weighted by Crippen LogP contribution is -2.39. The topological polar surface area (TPSA) is 101 Å². The number of nitrogen functional groups attached to an aromatic ring is 1. The van der Waals surface area contributed by atoms with Crippen LogP contribution in [-0.4, -0.2) is 22.5 Å². The van der Waals surface area contributed by atoms with Crippen LogP contribution in [0.1, 0.15) is 30.1 Å². The van der Waals surface area contributed by atoms with Crippen molar-refractivity contribution >= 4 is 40.6 Å².